The van der Waals surface area contributed by atoms with Crippen molar-refractivity contribution >= 4 is 5.96 Å². The summed E-state index contributed by atoms with van der Waals surface area (Å²) in [6.07, 6.45) is 1.79. The molecule has 0 saturated carbocycles. The average Bonchev–Trinajstić information content (AvgIpc) is 3.04. The third-order valence-electron chi connectivity index (χ3n) is 3.60. The van der Waals surface area contributed by atoms with E-state index in [1.807, 2.05) is 49.0 Å². The fourth-order valence-corrected chi connectivity index (χ4v) is 2.20. The van der Waals surface area contributed by atoms with Crippen LogP contribution in [-0.4, -0.2) is 42.6 Å². The molecule has 0 atom stereocenters. The van der Waals surface area contributed by atoms with Gasteiger partial charge in [-0.3, -0.25) is 4.68 Å². The lowest BCUT2D eigenvalue weighted by atomic mass is 10.2. The summed E-state index contributed by atoms with van der Waals surface area (Å²) in [7, 11) is 3.59. The molecule has 1 aromatic heterocycles. The van der Waals surface area contributed by atoms with Crippen LogP contribution >= 0.6 is 0 Å². The molecule has 7 heteroatoms. The molecule has 0 aliphatic heterocycles. The molecule has 0 bridgehead atoms. The van der Waals surface area contributed by atoms with Crippen molar-refractivity contribution in [2.24, 2.45) is 12.0 Å². The number of nitrogens with zero attached hydrogens (tertiary/aromatic N) is 3. The molecule has 0 aliphatic carbocycles. The van der Waals surface area contributed by atoms with Crippen molar-refractivity contribution in [2.45, 2.75) is 20.0 Å². The number of aliphatic imine (C=N–C) groups is 1. The molecule has 2 aromatic rings. The topological polar surface area (TPSA) is 72.7 Å². The van der Waals surface area contributed by atoms with E-state index in [1.165, 1.54) is 0 Å². The summed E-state index contributed by atoms with van der Waals surface area (Å²) in [6.45, 7) is 5.27. The van der Waals surface area contributed by atoms with Gasteiger partial charge in [0.2, 0.25) is 0 Å². The Balaban J connectivity index is 1.88. The number of rotatable bonds is 9. The molecule has 25 heavy (non-hydrogen) atoms. The van der Waals surface area contributed by atoms with Crippen LogP contribution in [0.5, 0.6) is 5.75 Å². The molecule has 1 aromatic carbocycles. The Morgan fingerprint density at radius 2 is 1.96 bits per heavy atom. The predicted octanol–water partition coefficient (Wildman–Crippen LogP) is 1.70. The highest BCUT2D eigenvalue weighted by Gasteiger charge is 2.02. The first kappa shape index (κ1) is 18.8. The molecule has 136 valence electrons. The molecule has 0 unspecified atom stereocenters. The van der Waals surface area contributed by atoms with E-state index in [0.29, 0.717) is 26.3 Å². The van der Waals surface area contributed by atoms with Gasteiger partial charge >= 0.3 is 0 Å². The minimum atomic E-state index is 0.552. The van der Waals surface area contributed by atoms with Gasteiger partial charge in [0, 0.05) is 26.9 Å². The third-order valence-corrected chi connectivity index (χ3v) is 3.60. The van der Waals surface area contributed by atoms with Gasteiger partial charge in [0.1, 0.15) is 12.4 Å². The maximum Gasteiger partial charge on any atom is 0.191 e. The second-order valence-corrected chi connectivity index (χ2v) is 5.48. The number of guanidine groups is 1. The zero-order chi connectivity index (χ0) is 17.9. The van der Waals surface area contributed by atoms with Crippen molar-refractivity contribution in [3.05, 3.63) is 47.8 Å². The molecule has 0 radical (unpaired) electrons. The molecule has 0 amide bonds. The summed E-state index contributed by atoms with van der Waals surface area (Å²) in [5.41, 5.74) is 2.22. The lowest BCUT2D eigenvalue weighted by Crippen LogP contribution is -2.37. The Kier molecular flexibility index (Phi) is 7.78. The van der Waals surface area contributed by atoms with Crippen LogP contribution in [0.25, 0.3) is 0 Å². The molecule has 0 aliphatic rings. The van der Waals surface area contributed by atoms with Gasteiger partial charge in [-0.25, -0.2) is 4.99 Å². The minimum Gasteiger partial charge on any atom is -0.491 e. The van der Waals surface area contributed by atoms with E-state index in [2.05, 4.69) is 20.7 Å². The number of hydrogen-bond donors (Lipinski definition) is 2. The first-order valence-electron chi connectivity index (χ1n) is 8.42. The number of methoxy groups -OCH3 is 1. The van der Waals surface area contributed by atoms with Gasteiger partial charge in [0.05, 0.1) is 25.4 Å². The smallest absolute Gasteiger partial charge is 0.191 e. The summed E-state index contributed by atoms with van der Waals surface area (Å²) in [6, 6.07) is 9.94. The second kappa shape index (κ2) is 10.4. The summed E-state index contributed by atoms with van der Waals surface area (Å²) in [4.78, 5) is 4.62. The number of hydrogen-bond acceptors (Lipinski definition) is 4. The summed E-state index contributed by atoms with van der Waals surface area (Å²) < 4.78 is 12.4. The van der Waals surface area contributed by atoms with Crippen LogP contribution in [0.4, 0.5) is 0 Å². The van der Waals surface area contributed by atoms with Crippen molar-refractivity contribution in [2.75, 3.05) is 26.9 Å². The largest absolute Gasteiger partial charge is 0.491 e. The first-order chi connectivity index (χ1) is 12.2. The van der Waals surface area contributed by atoms with E-state index in [0.717, 1.165) is 29.5 Å². The molecule has 0 spiro atoms. The molecule has 0 saturated heterocycles. The fourth-order valence-electron chi connectivity index (χ4n) is 2.20. The van der Waals surface area contributed by atoms with E-state index in [9.17, 15) is 0 Å². The van der Waals surface area contributed by atoms with Crippen LogP contribution in [-0.2, 0) is 24.9 Å². The fraction of sp³-hybridized carbons (Fsp3) is 0.444. The maximum absolute atomic E-state index is 5.56. The molecule has 0 fully saturated rings. The highest BCUT2D eigenvalue weighted by molar-refractivity contribution is 5.79. The van der Waals surface area contributed by atoms with Crippen molar-refractivity contribution in [3.8, 4) is 5.75 Å². The predicted molar refractivity (Wildman–Crippen MR) is 98.7 cm³/mol. The molecular weight excluding hydrogens is 318 g/mol. The van der Waals surface area contributed by atoms with Crippen molar-refractivity contribution < 1.29 is 9.47 Å². The van der Waals surface area contributed by atoms with Gasteiger partial charge < -0.3 is 20.1 Å². The summed E-state index contributed by atoms with van der Waals surface area (Å²) in [5, 5.41) is 10.7. The monoisotopic (exact) mass is 345 g/mol. The van der Waals surface area contributed by atoms with Gasteiger partial charge in [-0.2, -0.15) is 5.10 Å². The highest BCUT2D eigenvalue weighted by Crippen LogP contribution is 2.12. The Morgan fingerprint density at radius 3 is 2.60 bits per heavy atom. The third kappa shape index (κ3) is 6.46. The second-order valence-electron chi connectivity index (χ2n) is 5.48. The van der Waals surface area contributed by atoms with Gasteiger partial charge in [0.25, 0.3) is 0 Å². The Hall–Kier alpha value is -2.54. The number of benzene rings is 1. The van der Waals surface area contributed by atoms with Crippen LogP contribution in [0.2, 0.25) is 0 Å². The minimum absolute atomic E-state index is 0.552. The normalized spacial score (nSPS) is 11.4. The standard InChI is InChI=1S/C18H27N5O2/c1-4-19-18(21-14-16-9-10-22-23(16)2)20-13-15-5-7-17(8-6-15)25-12-11-24-3/h5-10H,4,11-14H2,1-3H3,(H2,19,20,21). The van der Waals surface area contributed by atoms with Crippen LogP contribution in [0.3, 0.4) is 0 Å². The van der Waals surface area contributed by atoms with Crippen molar-refractivity contribution in [3.63, 3.8) is 0 Å². The van der Waals surface area contributed by atoms with Gasteiger partial charge in [-0.15, -0.1) is 0 Å². The molecule has 2 N–H and O–H groups in total. The van der Waals surface area contributed by atoms with Crippen molar-refractivity contribution in [1.29, 1.82) is 0 Å². The van der Waals surface area contributed by atoms with Crippen molar-refractivity contribution in [1.82, 2.24) is 20.4 Å². The molecule has 2 rings (SSSR count). The van der Waals surface area contributed by atoms with Gasteiger partial charge in [0.15, 0.2) is 5.96 Å². The number of ether oxygens (including phenoxy) is 2. The lowest BCUT2D eigenvalue weighted by Gasteiger charge is -2.11. The highest BCUT2D eigenvalue weighted by atomic mass is 16.5. The van der Waals surface area contributed by atoms with E-state index >= 15 is 0 Å². The lowest BCUT2D eigenvalue weighted by molar-refractivity contribution is 0.146. The number of nitrogens with one attached hydrogen (secondary N) is 2. The molecular formula is C18H27N5O2. The summed E-state index contributed by atoms with van der Waals surface area (Å²) >= 11 is 0. The van der Waals surface area contributed by atoms with Crippen LogP contribution in [0.1, 0.15) is 18.2 Å². The Morgan fingerprint density at radius 1 is 1.16 bits per heavy atom. The van der Waals surface area contributed by atoms with E-state index in [-0.39, 0.29) is 0 Å². The molecule has 7 nitrogen and oxygen atoms in total. The first-order valence-corrected chi connectivity index (χ1v) is 8.42. The van der Waals surface area contributed by atoms with Crippen LogP contribution in [0.15, 0.2) is 41.5 Å². The average molecular weight is 345 g/mol. The van der Waals surface area contributed by atoms with Gasteiger partial charge in [-0.05, 0) is 30.7 Å². The SMILES string of the molecule is CCNC(=NCc1ccc(OCCOC)cc1)NCc1ccnn1C. The zero-order valence-corrected chi connectivity index (χ0v) is 15.2. The zero-order valence-electron chi connectivity index (χ0n) is 15.2. The van der Waals surface area contributed by atoms with E-state index < -0.39 is 0 Å². The Bertz CT molecular complexity index is 652. The number of aromatic nitrogens is 2. The van der Waals surface area contributed by atoms with Gasteiger partial charge in [-0.1, -0.05) is 12.1 Å². The van der Waals surface area contributed by atoms with Crippen LogP contribution in [0, 0.1) is 0 Å². The van der Waals surface area contributed by atoms with E-state index in [4.69, 9.17) is 9.47 Å². The quantitative estimate of drug-likeness (QED) is 0.411. The van der Waals surface area contributed by atoms with E-state index in [1.54, 1.807) is 13.3 Å². The maximum atomic E-state index is 5.56. The summed E-state index contributed by atoms with van der Waals surface area (Å²) in [5.74, 6) is 1.62. The Labute approximate surface area is 149 Å². The molecule has 1 heterocycles. The van der Waals surface area contributed by atoms with Crippen LogP contribution < -0.4 is 15.4 Å². The number of aryl methyl sites for hydroxylation is 1.